The summed E-state index contributed by atoms with van der Waals surface area (Å²) < 4.78 is 7.22. The number of rotatable bonds is 3. The van der Waals surface area contributed by atoms with Crippen molar-refractivity contribution in [3.05, 3.63) is 47.3 Å². The molecular weight excluding hydrogens is 250 g/mol. The number of benzene rings is 1. The predicted octanol–water partition coefficient (Wildman–Crippen LogP) is 3.54. The minimum atomic E-state index is 0.0240. The molecule has 1 unspecified atom stereocenters. The van der Waals surface area contributed by atoms with Crippen LogP contribution in [0.15, 0.2) is 35.5 Å². The predicted molar refractivity (Wildman–Crippen MR) is 81.6 cm³/mol. The van der Waals surface area contributed by atoms with E-state index in [-0.39, 0.29) is 6.04 Å². The lowest BCUT2D eigenvalue weighted by Crippen LogP contribution is -2.10. The monoisotopic (exact) mass is 271 g/mol. The van der Waals surface area contributed by atoms with Crippen LogP contribution in [-0.4, -0.2) is 22.7 Å². The third-order valence-electron chi connectivity index (χ3n) is 3.45. The molecule has 2 aromatic rings. The topological polar surface area (TPSA) is 39.4 Å². The van der Waals surface area contributed by atoms with E-state index in [0.717, 1.165) is 22.8 Å². The first-order valence-corrected chi connectivity index (χ1v) is 6.73. The van der Waals surface area contributed by atoms with Gasteiger partial charge < -0.3 is 4.74 Å². The van der Waals surface area contributed by atoms with Crippen LogP contribution in [0.25, 0.3) is 0 Å². The van der Waals surface area contributed by atoms with Crippen molar-refractivity contribution >= 4 is 5.84 Å². The molecule has 0 amide bonds. The Balaban J connectivity index is 2.29. The number of methoxy groups -OCH3 is 1. The van der Waals surface area contributed by atoms with Crippen molar-refractivity contribution in [2.45, 2.75) is 33.7 Å². The van der Waals surface area contributed by atoms with Crippen molar-refractivity contribution in [2.24, 2.45) is 4.99 Å². The van der Waals surface area contributed by atoms with Gasteiger partial charge in [-0.25, -0.2) is 4.68 Å². The van der Waals surface area contributed by atoms with Gasteiger partial charge in [-0.05, 0) is 39.3 Å². The van der Waals surface area contributed by atoms with E-state index in [1.165, 1.54) is 5.56 Å². The van der Waals surface area contributed by atoms with Crippen LogP contribution in [0.1, 0.15) is 36.7 Å². The lowest BCUT2D eigenvalue weighted by atomic mass is 10.1. The standard InChI is InChI=1S/C16H21N3O/c1-11-10-19(18-12(11)2)14(4)17-13(3)15-8-6-7-9-16(15)20-5/h6-10,13H,1-5H3. The fourth-order valence-electron chi connectivity index (χ4n) is 2.13. The van der Waals surface area contributed by atoms with Gasteiger partial charge in [0, 0.05) is 11.8 Å². The molecule has 1 aromatic heterocycles. The summed E-state index contributed by atoms with van der Waals surface area (Å²) in [6.07, 6.45) is 2.00. The average molecular weight is 271 g/mol. The normalized spacial score (nSPS) is 13.3. The Morgan fingerprint density at radius 3 is 2.60 bits per heavy atom. The largest absolute Gasteiger partial charge is 0.496 e. The number of aliphatic imine (C=N–C) groups is 1. The second kappa shape index (κ2) is 5.90. The van der Waals surface area contributed by atoms with Crippen LogP contribution in [0.3, 0.4) is 0 Å². The molecule has 0 bridgehead atoms. The zero-order valence-corrected chi connectivity index (χ0v) is 12.7. The summed E-state index contributed by atoms with van der Waals surface area (Å²) in [4.78, 5) is 4.72. The van der Waals surface area contributed by atoms with Crippen LogP contribution in [0.2, 0.25) is 0 Å². The lowest BCUT2D eigenvalue weighted by Gasteiger charge is -2.13. The SMILES string of the molecule is COc1ccccc1C(C)N=C(C)n1cc(C)c(C)n1. The second-order valence-corrected chi connectivity index (χ2v) is 4.94. The van der Waals surface area contributed by atoms with E-state index in [1.807, 2.05) is 49.0 Å². The molecule has 0 aliphatic rings. The Kier molecular flexibility index (Phi) is 4.23. The highest BCUT2D eigenvalue weighted by Gasteiger charge is 2.11. The number of aromatic nitrogens is 2. The minimum absolute atomic E-state index is 0.0240. The number of hydrogen-bond acceptors (Lipinski definition) is 3. The molecule has 0 radical (unpaired) electrons. The first-order chi connectivity index (χ1) is 9.52. The van der Waals surface area contributed by atoms with Gasteiger partial charge in [-0.1, -0.05) is 18.2 Å². The Bertz CT molecular complexity index is 609. The molecular formula is C16H21N3O. The summed E-state index contributed by atoms with van der Waals surface area (Å²) in [7, 11) is 1.68. The molecule has 1 aromatic carbocycles. The van der Waals surface area contributed by atoms with Crippen molar-refractivity contribution in [3.63, 3.8) is 0 Å². The molecule has 1 heterocycles. The molecule has 4 heteroatoms. The van der Waals surface area contributed by atoms with Crippen molar-refractivity contribution in [1.29, 1.82) is 0 Å². The highest BCUT2D eigenvalue weighted by Crippen LogP contribution is 2.27. The van der Waals surface area contributed by atoms with Gasteiger partial charge in [0.05, 0.1) is 18.8 Å². The van der Waals surface area contributed by atoms with Gasteiger partial charge in [0.25, 0.3) is 0 Å². The highest BCUT2D eigenvalue weighted by molar-refractivity contribution is 5.81. The molecule has 0 fully saturated rings. The molecule has 2 rings (SSSR count). The number of nitrogens with zero attached hydrogens (tertiary/aromatic N) is 3. The van der Waals surface area contributed by atoms with E-state index in [2.05, 4.69) is 18.9 Å². The van der Waals surface area contributed by atoms with E-state index >= 15 is 0 Å². The lowest BCUT2D eigenvalue weighted by molar-refractivity contribution is 0.407. The van der Waals surface area contributed by atoms with Gasteiger partial charge in [0.2, 0.25) is 0 Å². The number of aryl methyl sites for hydroxylation is 2. The van der Waals surface area contributed by atoms with Gasteiger partial charge >= 0.3 is 0 Å². The minimum Gasteiger partial charge on any atom is -0.496 e. The summed E-state index contributed by atoms with van der Waals surface area (Å²) in [5, 5.41) is 4.45. The molecule has 0 saturated heterocycles. The molecule has 1 atom stereocenters. The zero-order chi connectivity index (χ0) is 14.7. The van der Waals surface area contributed by atoms with Crippen molar-refractivity contribution in [1.82, 2.24) is 9.78 Å². The molecule has 0 spiro atoms. The summed E-state index contributed by atoms with van der Waals surface area (Å²) in [5.74, 6) is 1.74. The first-order valence-electron chi connectivity index (χ1n) is 6.73. The van der Waals surface area contributed by atoms with E-state index in [4.69, 9.17) is 9.73 Å². The van der Waals surface area contributed by atoms with Crippen LogP contribution in [0.4, 0.5) is 0 Å². The summed E-state index contributed by atoms with van der Waals surface area (Å²) >= 11 is 0. The Morgan fingerprint density at radius 1 is 1.30 bits per heavy atom. The first kappa shape index (κ1) is 14.3. The molecule has 0 aliphatic heterocycles. The molecule has 0 saturated carbocycles. The maximum absolute atomic E-state index is 5.39. The summed E-state index contributed by atoms with van der Waals surface area (Å²) in [6.45, 7) is 8.08. The van der Waals surface area contributed by atoms with E-state index in [0.29, 0.717) is 0 Å². The number of ether oxygens (including phenoxy) is 1. The fourth-order valence-corrected chi connectivity index (χ4v) is 2.13. The molecule has 106 valence electrons. The smallest absolute Gasteiger partial charge is 0.124 e. The van der Waals surface area contributed by atoms with Crippen molar-refractivity contribution < 1.29 is 4.74 Å². The second-order valence-electron chi connectivity index (χ2n) is 4.94. The Hall–Kier alpha value is -2.10. The van der Waals surface area contributed by atoms with E-state index < -0.39 is 0 Å². The van der Waals surface area contributed by atoms with Crippen LogP contribution < -0.4 is 4.74 Å². The molecule has 0 aliphatic carbocycles. The zero-order valence-electron chi connectivity index (χ0n) is 12.7. The van der Waals surface area contributed by atoms with Crippen LogP contribution >= 0.6 is 0 Å². The van der Waals surface area contributed by atoms with Gasteiger partial charge in [-0.2, -0.15) is 5.10 Å². The Morgan fingerprint density at radius 2 is 2.00 bits per heavy atom. The maximum atomic E-state index is 5.39. The van der Waals surface area contributed by atoms with Crippen LogP contribution in [0.5, 0.6) is 5.75 Å². The number of hydrogen-bond donors (Lipinski definition) is 0. The van der Waals surface area contributed by atoms with Crippen LogP contribution in [0, 0.1) is 13.8 Å². The quantitative estimate of drug-likeness (QED) is 0.632. The summed E-state index contributed by atoms with van der Waals surface area (Å²) in [6, 6.07) is 7.99. The van der Waals surface area contributed by atoms with Crippen molar-refractivity contribution in [2.75, 3.05) is 7.11 Å². The van der Waals surface area contributed by atoms with E-state index in [9.17, 15) is 0 Å². The average Bonchev–Trinajstić information content (AvgIpc) is 2.78. The van der Waals surface area contributed by atoms with Gasteiger partial charge in [0.15, 0.2) is 0 Å². The fraction of sp³-hybridized carbons (Fsp3) is 0.375. The maximum Gasteiger partial charge on any atom is 0.124 e. The van der Waals surface area contributed by atoms with Crippen molar-refractivity contribution in [3.8, 4) is 5.75 Å². The number of para-hydroxylation sites is 1. The third kappa shape index (κ3) is 2.90. The molecule has 0 N–H and O–H groups in total. The van der Waals surface area contributed by atoms with E-state index in [1.54, 1.807) is 7.11 Å². The van der Waals surface area contributed by atoms with Crippen LogP contribution in [-0.2, 0) is 0 Å². The third-order valence-corrected chi connectivity index (χ3v) is 3.45. The molecule has 20 heavy (non-hydrogen) atoms. The van der Waals surface area contributed by atoms with Gasteiger partial charge in [0.1, 0.15) is 11.6 Å². The van der Waals surface area contributed by atoms with Gasteiger partial charge in [-0.3, -0.25) is 4.99 Å². The highest BCUT2D eigenvalue weighted by atomic mass is 16.5. The Labute approximate surface area is 120 Å². The summed E-state index contributed by atoms with van der Waals surface area (Å²) in [5.41, 5.74) is 3.28. The van der Waals surface area contributed by atoms with Gasteiger partial charge in [-0.15, -0.1) is 0 Å². The molecule has 4 nitrogen and oxygen atoms in total.